The van der Waals surface area contributed by atoms with Crippen molar-refractivity contribution in [3.63, 3.8) is 0 Å². The smallest absolute Gasteiger partial charge is 0.222 e. The second-order valence-electron chi connectivity index (χ2n) is 8.68. The number of hydrogen-bond donors (Lipinski definition) is 2. The Morgan fingerprint density at radius 2 is 1.84 bits per heavy atom. The molecule has 0 spiro atoms. The molecular weight excluding hydrogens is 518 g/mol. The molecule has 1 aliphatic heterocycles. The Balaban J connectivity index is 0.00000363. The number of amides is 1. The first-order chi connectivity index (χ1) is 14.9. The molecule has 0 atom stereocenters. The number of benzene rings is 2. The Bertz CT molecular complexity index is 914. The van der Waals surface area contributed by atoms with Crippen molar-refractivity contribution < 1.29 is 9.18 Å². The van der Waals surface area contributed by atoms with E-state index in [1.54, 1.807) is 12.1 Å². The Labute approximate surface area is 207 Å². The largest absolute Gasteiger partial charge is 0.357 e. The molecule has 5 nitrogen and oxygen atoms in total. The minimum absolute atomic E-state index is 0. The number of hydrogen-bond acceptors (Lipinski definition) is 2. The summed E-state index contributed by atoms with van der Waals surface area (Å²) in [6.45, 7) is 9.68. The van der Waals surface area contributed by atoms with E-state index >= 15 is 0 Å². The van der Waals surface area contributed by atoms with Crippen molar-refractivity contribution in [1.82, 2.24) is 15.5 Å². The molecule has 2 aromatic rings. The third kappa shape index (κ3) is 7.46. The number of halogens is 2. The van der Waals surface area contributed by atoms with Crippen molar-refractivity contribution in [2.24, 2.45) is 4.99 Å². The van der Waals surface area contributed by atoms with Crippen molar-refractivity contribution >= 4 is 35.8 Å². The van der Waals surface area contributed by atoms with Crippen molar-refractivity contribution in [3.8, 4) is 0 Å². The van der Waals surface area contributed by atoms with Crippen LogP contribution < -0.4 is 10.6 Å². The number of nitrogens with zero attached hydrogens (tertiary/aromatic N) is 2. The van der Waals surface area contributed by atoms with E-state index in [0.29, 0.717) is 26.1 Å². The lowest BCUT2D eigenvalue weighted by Crippen LogP contribution is -2.43. The molecular formula is C25H34FIN4O. The normalized spacial score (nSPS) is 14.3. The lowest BCUT2D eigenvalue weighted by atomic mass is 9.84. The molecule has 32 heavy (non-hydrogen) atoms. The van der Waals surface area contributed by atoms with Crippen LogP contribution in [0, 0.1) is 5.82 Å². The molecule has 0 bridgehead atoms. The van der Waals surface area contributed by atoms with Crippen molar-refractivity contribution in [2.45, 2.75) is 52.1 Å². The topological polar surface area (TPSA) is 56.7 Å². The zero-order valence-electron chi connectivity index (χ0n) is 19.2. The van der Waals surface area contributed by atoms with Crippen LogP contribution in [0.25, 0.3) is 0 Å². The number of carbonyl (C=O) groups is 1. The van der Waals surface area contributed by atoms with Gasteiger partial charge in [0.05, 0.1) is 6.54 Å². The van der Waals surface area contributed by atoms with E-state index in [1.165, 1.54) is 6.07 Å². The van der Waals surface area contributed by atoms with Gasteiger partial charge in [-0.15, -0.1) is 24.0 Å². The molecule has 174 valence electrons. The number of carbonyl (C=O) groups excluding carboxylic acids is 1. The van der Waals surface area contributed by atoms with Gasteiger partial charge in [-0.2, -0.15) is 0 Å². The summed E-state index contributed by atoms with van der Waals surface area (Å²) in [5.41, 5.74) is 2.96. The van der Waals surface area contributed by atoms with Gasteiger partial charge in [-0.1, -0.05) is 50.2 Å². The van der Waals surface area contributed by atoms with Gasteiger partial charge in [0.1, 0.15) is 5.82 Å². The predicted octanol–water partition coefficient (Wildman–Crippen LogP) is 4.60. The zero-order chi connectivity index (χ0) is 22.3. The number of likely N-dealkylation sites (tertiary alicyclic amines) is 1. The second-order valence-corrected chi connectivity index (χ2v) is 8.68. The monoisotopic (exact) mass is 552 g/mol. The fraction of sp³-hybridized carbons (Fsp3) is 0.440. The molecule has 1 aliphatic rings. The molecule has 1 amide bonds. The molecule has 1 saturated heterocycles. The SMILES string of the molecule is CCNC(=NCc1ccc(CN2CCCC2=O)cc1)NCC(C)(C)c1cccc(F)c1.I. The maximum atomic E-state index is 13.6. The van der Waals surface area contributed by atoms with Crippen molar-refractivity contribution in [2.75, 3.05) is 19.6 Å². The van der Waals surface area contributed by atoms with E-state index in [2.05, 4.69) is 48.7 Å². The summed E-state index contributed by atoms with van der Waals surface area (Å²) in [5.74, 6) is 0.763. The summed E-state index contributed by atoms with van der Waals surface area (Å²) < 4.78 is 13.6. The number of rotatable bonds is 8. The summed E-state index contributed by atoms with van der Waals surface area (Å²) in [4.78, 5) is 18.4. The van der Waals surface area contributed by atoms with Crippen LogP contribution in [-0.4, -0.2) is 36.4 Å². The Kier molecular flexibility index (Phi) is 9.93. The average Bonchev–Trinajstić information content (AvgIpc) is 3.15. The van der Waals surface area contributed by atoms with Crippen LogP contribution in [0.15, 0.2) is 53.5 Å². The van der Waals surface area contributed by atoms with Gasteiger partial charge in [0, 0.05) is 38.0 Å². The molecule has 1 fully saturated rings. The van der Waals surface area contributed by atoms with Gasteiger partial charge in [0.15, 0.2) is 5.96 Å². The molecule has 0 radical (unpaired) electrons. The van der Waals surface area contributed by atoms with Crippen LogP contribution in [-0.2, 0) is 23.3 Å². The molecule has 1 heterocycles. The molecule has 3 rings (SSSR count). The predicted molar refractivity (Wildman–Crippen MR) is 139 cm³/mol. The third-order valence-corrected chi connectivity index (χ3v) is 5.64. The lowest BCUT2D eigenvalue weighted by molar-refractivity contribution is -0.128. The first-order valence-electron chi connectivity index (χ1n) is 11.0. The van der Waals surface area contributed by atoms with Crippen LogP contribution in [0.4, 0.5) is 4.39 Å². The standard InChI is InChI=1S/C25H33FN4O.HI/c1-4-27-24(29-18-25(2,3)21-7-5-8-22(26)15-21)28-16-19-10-12-20(13-11-19)17-30-14-6-9-23(30)31;/h5,7-8,10-13,15H,4,6,9,14,16-18H2,1-3H3,(H2,27,28,29);1H. The van der Waals surface area contributed by atoms with Gasteiger partial charge in [-0.3, -0.25) is 4.79 Å². The van der Waals surface area contributed by atoms with Gasteiger partial charge < -0.3 is 15.5 Å². The van der Waals surface area contributed by atoms with Gasteiger partial charge in [-0.25, -0.2) is 9.38 Å². The van der Waals surface area contributed by atoms with Crippen LogP contribution >= 0.6 is 24.0 Å². The van der Waals surface area contributed by atoms with Crippen LogP contribution in [0.1, 0.15) is 50.3 Å². The van der Waals surface area contributed by atoms with E-state index in [-0.39, 0.29) is 41.1 Å². The highest BCUT2D eigenvalue weighted by Crippen LogP contribution is 2.22. The van der Waals surface area contributed by atoms with Crippen molar-refractivity contribution in [1.29, 1.82) is 0 Å². The second kappa shape index (κ2) is 12.2. The first kappa shape index (κ1) is 26.1. The van der Waals surface area contributed by atoms with Crippen LogP contribution in [0.5, 0.6) is 0 Å². The maximum Gasteiger partial charge on any atom is 0.222 e. The van der Waals surface area contributed by atoms with E-state index < -0.39 is 0 Å². The van der Waals surface area contributed by atoms with E-state index in [0.717, 1.165) is 42.2 Å². The van der Waals surface area contributed by atoms with Gasteiger partial charge >= 0.3 is 0 Å². The molecule has 7 heteroatoms. The highest BCUT2D eigenvalue weighted by Gasteiger charge is 2.22. The summed E-state index contributed by atoms with van der Waals surface area (Å²) in [6.07, 6.45) is 1.63. The Morgan fingerprint density at radius 3 is 2.47 bits per heavy atom. The zero-order valence-corrected chi connectivity index (χ0v) is 21.5. The molecule has 0 aromatic heterocycles. The quantitative estimate of drug-likeness (QED) is 0.286. The Morgan fingerprint density at radius 1 is 1.12 bits per heavy atom. The van der Waals surface area contributed by atoms with Gasteiger partial charge in [0.2, 0.25) is 5.91 Å². The molecule has 0 unspecified atom stereocenters. The summed E-state index contributed by atoms with van der Waals surface area (Å²) in [6, 6.07) is 15.0. The van der Waals surface area contributed by atoms with E-state index in [4.69, 9.17) is 4.99 Å². The number of nitrogens with one attached hydrogen (secondary N) is 2. The summed E-state index contributed by atoms with van der Waals surface area (Å²) in [5, 5.41) is 6.66. The highest BCUT2D eigenvalue weighted by atomic mass is 127. The summed E-state index contributed by atoms with van der Waals surface area (Å²) >= 11 is 0. The molecule has 2 N–H and O–H groups in total. The first-order valence-corrected chi connectivity index (χ1v) is 11.0. The third-order valence-electron chi connectivity index (χ3n) is 5.64. The average molecular weight is 552 g/mol. The number of guanidine groups is 1. The fourth-order valence-corrected chi connectivity index (χ4v) is 3.67. The highest BCUT2D eigenvalue weighted by molar-refractivity contribution is 14.0. The van der Waals surface area contributed by atoms with Crippen LogP contribution in [0.3, 0.4) is 0 Å². The number of aliphatic imine (C=N–C) groups is 1. The van der Waals surface area contributed by atoms with E-state index in [1.807, 2.05) is 17.9 Å². The van der Waals surface area contributed by atoms with Gasteiger partial charge in [-0.05, 0) is 42.2 Å². The minimum Gasteiger partial charge on any atom is -0.357 e. The minimum atomic E-state index is -0.243. The Hall–Kier alpha value is -2.16. The maximum absolute atomic E-state index is 13.6. The lowest BCUT2D eigenvalue weighted by Gasteiger charge is -2.27. The summed E-state index contributed by atoms with van der Waals surface area (Å²) in [7, 11) is 0. The van der Waals surface area contributed by atoms with Gasteiger partial charge in [0.25, 0.3) is 0 Å². The molecule has 2 aromatic carbocycles. The van der Waals surface area contributed by atoms with E-state index in [9.17, 15) is 9.18 Å². The van der Waals surface area contributed by atoms with Crippen LogP contribution in [0.2, 0.25) is 0 Å². The fourth-order valence-electron chi connectivity index (χ4n) is 3.67. The molecule has 0 aliphatic carbocycles. The van der Waals surface area contributed by atoms with Crippen molar-refractivity contribution in [3.05, 3.63) is 71.0 Å². The molecule has 0 saturated carbocycles.